The van der Waals surface area contributed by atoms with Crippen molar-refractivity contribution in [2.24, 2.45) is 7.05 Å². The second kappa shape index (κ2) is 9.10. The largest absolute Gasteiger partial charge is 0.337 e. The summed E-state index contributed by atoms with van der Waals surface area (Å²) in [5.41, 5.74) is 10.0. The summed E-state index contributed by atoms with van der Waals surface area (Å²) in [4.78, 5) is 7.02. The molecule has 1 aliphatic rings. The number of fused-ring (bicyclic) bond motifs is 7. The summed E-state index contributed by atoms with van der Waals surface area (Å²) >= 11 is 0. The number of rotatable bonds is 2. The first-order chi connectivity index (χ1) is 20.2. The minimum atomic E-state index is 0.771. The second-order valence-corrected chi connectivity index (χ2v) is 10.7. The van der Waals surface area contributed by atoms with Crippen LogP contribution in [-0.2, 0) is 7.05 Å². The minimum Gasteiger partial charge on any atom is -0.337 e. The zero-order chi connectivity index (χ0) is 27.5. The van der Waals surface area contributed by atoms with Gasteiger partial charge in [-0.2, -0.15) is 0 Å². The van der Waals surface area contributed by atoms with Crippen LogP contribution in [0.3, 0.4) is 0 Å². The number of hydrogen-bond donors (Lipinski definition) is 0. The average molecular weight is 529 g/mol. The smallest absolute Gasteiger partial charge is 0.0955 e. The molecule has 0 saturated carbocycles. The van der Waals surface area contributed by atoms with E-state index in [4.69, 9.17) is 0 Å². The predicted octanol–water partition coefficient (Wildman–Crippen LogP) is 9.10. The van der Waals surface area contributed by atoms with Crippen LogP contribution in [0.25, 0.3) is 54.9 Å². The summed E-state index contributed by atoms with van der Waals surface area (Å²) in [6.45, 7) is 5.32. The molecule has 3 heterocycles. The molecule has 0 N–H and O–H groups in total. The second-order valence-electron chi connectivity index (χ2n) is 10.7. The Morgan fingerprint density at radius 2 is 1.56 bits per heavy atom. The molecule has 0 amide bonds. The van der Waals surface area contributed by atoms with Gasteiger partial charge < -0.3 is 14.0 Å². The number of benzene rings is 5. The Kier molecular flexibility index (Phi) is 5.22. The van der Waals surface area contributed by atoms with E-state index in [9.17, 15) is 0 Å². The molecule has 0 saturated heterocycles. The van der Waals surface area contributed by atoms with E-state index in [1.54, 1.807) is 0 Å². The van der Waals surface area contributed by atoms with Gasteiger partial charge in [0.05, 0.1) is 28.4 Å². The first kappa shape index (κ1) is 23.5. The number of aryl methyl sites for hydroxylation is 1. The minimum absolute atomic E-state index is 0.771. The fraction of sp³-hybridized carbons (Fsp3) is 0.0541. The van der Waals surface area contributed by atoms with Crippen LogP contribution in [0.4, 0.5) is 11.4 Å². The van der Waals surface area contributed by atoms with E-state index in [2.05, 4.69) is 147 Å². The summed E-state index contributed by atoms with van der Waals surface area (Å²) in [5, 5.41) is 4.87. The maximum atomic E-state index is 4.65. The van der Waals surface area contributed by atoms with Crippen LogP contribution in [0.2, 0.25) is 0 Å². The number of imidazole rings is 1. The van der Waals surface area contributed by atoms with E-state index in [1.807, 2.05) is 13.4 Å². The molecule has 0 spiro atoms. The van der Waals surface area contributed by atoms with E-state index in [1.165, 1.54) is 32.6 Å². The molecule has 0 aliphatic carbocycles. The molecule has 5 aromatic carbocycles. The third-order valence-electron chi connectivity index (χ3n) is 8.27. The van der Waals surface area contributed by atoms with Gasteiger partial charge in [0, 0.05) is 47.0 Å². The van der Waals surface area contributed by atoms with Crippen molar-refractivity contribution < 1.29 is 0 Å². The molecule has 0 radical (unpaired) electrons. The average Bonchev–Trinajstić information content (AvgIpc) is 3.56. The summed E-state index contributed by atoms with van der Waals surface area (Å²) in [6, 6.07) is 35.0. The molecule has 4 nitrogen and oxygen atoms in total. The van der Waals surface area contributed by atoms with Crippen molar-refractivity contribution >= 4 is 60.6 Å². The zero-order valence-corrected chi connectivity index (χ0v) is 22.8. The Morgan fingerprint density at radius 1 is 0.707 bits per heavy atom. The highest BCUT2D eigenvalue weighted by atomic mass is 15.1. The van der Waals surface area contributed by atoms with Crippen LogP contribution in [0, 0.1) is 0 Å². The monoisotopic (exact) mass is 528 g/mol. The Labute approximate surface area is 238 Å². The maximum absolute atomic E-state index is 4.65. The molecular formula is C37H28N4. The molecule has 4 heteroatoms. The van der Waals surface area contributed by atoms with E-state index >= 15 is 0 Å². The Hall–Kier alpha value is -5.35. The summed E-state index contributed by atoms with van der Waals surface area (Å²) in [7, 11) is 2.04. The standard InChI is InChI=1S/C37H28N4/c1-25-11-5-4-10-20-40(27-12-6-3-7-13-27)35-18-16-26-21-31-29-14-8-9-15-33(29)41(36(31)23-30(26)37(25)35)28-17-19-34-32(22-28)38-24-39(34)2/h3-19,21-24H,1,20H2,2H3/b10-4-,11-5-. The van der Waals surface area contributed by atoms with Crippen molar-refractivity contribution in [3.63, 3.8) is 0 Å². The van der Waals surface area contributed by atoms with Gasteiger partial charge in [-0.3, -0.25) is 0 Å². The number of nitrogens with zero attached hydrogens (tertiary/aromatic N) is 4. The Morgan fingerprint density at radius 3 is 2.46 bits per heavy atom. The zero-order valence-electron chi connectivity index (χ0n) is 22.8. The molecular weight excluding hydrogens is 500 g/mol. The van der Waals surface area contributed by atoms with Crippen LogP contribution in [-0.4, -0.2) is 20.7 Å². The lowest BCUT2D eigenvalue weighted by atomic mass is 9.94. The number of anilines is 2. The fourth-order valence-corrected chi connectivity index (χ4v) is 6.33. The van der Waals surface area contributed by atoms with Gasteiger partial charge in [-0.05, 0) is 70.9 Å². The van der Waals surface area contributed by atoms with Gasteiger partial charge in [0.1, 0.15) is 0 Å². The predicted molar refractivity (Wildman–Crippen MR) is 173 cm³/mol. The molecule has 8 rings (SSSR count). The van der Waals surface area contributed by atoms with Gasteiger partial charge in [-0.25, -0.2) is 4.98 Å². The van der Waals surface area contributed by atoms with Crippen LogP contribution < -0.4 is 4.90 Å². The van der Waals surface area contributed by atoms with Crippen LogP contribution in [0.15, 0.2) is 134 Å². The topological polar surface area (TPSA) is 26.0 Å². The summed E-state index contributed by atoms with van der Waals surface area (Å²) in [5.74, 6) is 0. The first-order valence-corrected chi connectivity index (χ1v) is 13.9. The highest BCUT2D eigenvalue weighted by Gasteiger charge is 2.20. The third kappa shape index (κ3) is 3.65. The van der Waals surface area contributed by atoms with Gasteiger partial charge in [-0.1, -0.05) is 73.3 Å². The molecule has 0 unspecified atom stereocenters. The molecule has 0 fully saturated rings. The summed E-state index contributed by atoms with van der Waals surface area (Å²) < 4.78 is 4.44. The van der Waals surface area contributed by atoms with Gasteiger partial charge in [0.2, 0.25) is 0 Å². The Balaban J connectivity index is 1.46. The normalized spacial score (nSPS) is 15.2. The quantitative estimate of drug-likeness (QED) is 0.224. The van der Waals surface area contributed by atoms with Crippen LogP contribution in [0.5, 0.6) is 0 Å². The molecule has 41 heavy (non-hydrogen) atoms. The van der Waals surface area contributed by atoms with Crippen molar-refractivity contribution in [2.45, 2.75) is 0 Å². The van der Waals surface area contributed by atoms with E-state index < -0.39 is 0 Å². The molecule has 2 aromatic heterocycles. The molecule has 0 atom stereocenters. The van der Waals surface area contributed by atoms with Crippen molar-refractivity contribution in [1.82, 2.24) is 14.1 Å². The highest BCUT2D eigenvalue weighted by molar-refractivity contribution is 6.16. The lowest BCUT2D eigenvalue weighted by Gasteiger charge is -2.27. The van der Waals surface area contributed by atoms with Gasteiger partial charge in [0.25, 0.3) is 0 Å². The molecule has 0 bridgehead atoms. The van der Waals surface area contributed by atoms with Crippen molar-refractivity contribution in [1.29, 1.82) is 0 Å². The molecule has 196 valence electrons. The van der Waals surface area contributed by atoms with Crippen LogP contribution in [0.1, 0.15) is 5.56 Å². The van der Waals surface area contributed by atoms with E-state index in [-0.39, 0.29) is 0 Å². The molecule has 7 aromatic rings. The highest BCUT2D eigenvalue weighted by Crippen LogP contribution is 2.42. The van der Waals surface area contributed by atoms with Gasteiger partial charge in [0.15, 0.2) is 0 Å². The number of aromatic nitrogens is 3. The lowest BCUT2D eigenvalue weighted by molar-refractivity contribution is 0.947. The van der Waals surface area contributed by atoms with Gasteiger partial charge >= 0.3 is 0 Å². The van der Waals surface area contributed by atoms with E-state index in [0.29, 0.717) is 0 Å². The molecule has 1 aliphatic heterocycles. The van der Waals surface area contributed by atoms with Crippen LogP contribution >= 0.6 is 0 Å². The van der Waals surface area contributed by atoms with Crippen molar-refractivity contribution in [3.05, 3.63) is 140 Å². The number of hydrogen-bond acceptors (Lipinski definition) is 2. The summed E-state index contributed by atoms with van der Waals surface area (Å²) in [6.07, 6.45) is 10.4. The first-order valence-electron chi connectivity index (χ1n) is 13.9. The van der Waals surface area contributed by atoms with Crippen molar-refractivity contribution in [2.75, 3.05) is 11.4 Å². The Bertz CT molecular complexity index is 2210. The SMILES string of the molecule is C=C1/C=C\C=C/CN(c2ccccc2)c2ccc3cc4c5ccccc5n(-c5ccc6c(c5)ncn6C)c4cc3c21. The van der Waals surface area contributed by atoms with Gasteiger partial charge in [-0.15, -0.1) is 0 Å². The van der Waals surface area contributed by atoms with E-state index in [0.717, 1.165) is 45.8 Å². The number of para-hydroxylation sites is 2. The maximum Gasteiger partial charge on any atom is 0.0955 e. The van der Waals surface area contributed by atoms with Crippen molar-refractivity contribution in [3.8, 4) is 5.69 Å². The number of allylic oxidation sites excluding steroid dienone is 4. The lowest BCUT2D eigenvalue weighted by Crippen LogP contribution is -2.18. The third-order valence-corrected chi connectivity index (χ3v) is 8.27. The fourth-order valence-electron chi connectivity index (χ4n) is 6.33.